The molecule has 0 N–H and O–H groups in total. The molecule has 3 fully saturated rings. The molecular formula is C16H28N2O4S. The third kappa shape index (κ3) is 4.25. The molecule has 1 unspecified atom stereocenters. The van der Waals surface area contributed by atoms with Gasteiger partial charge in [0.05, 0.1) is 11.9 Å². The Hall–Kier alpha value is -0.660. The second-order valence-electron chi connectivity index (χ2n) is 6.94. The van der Waals surface area contributed by atoms with E-state index in [2.05, 4.69) is 0 Å². The molecule has 23 heavy (non-hydrogen) atoms. The van der Waals surface area contributed by atoms with Crippen molar-refractivity contribution in [3.05, 3.63) is 0 Å². The van der Waals surface area contributed by atoms with Gasteiger partial charge in [0.1, 0.15) is 0 Å². The Morgan fingerprint density at radius 1 is 1.13 bits per heavy atom. The van der Waals surface area contributed by atoms with Crippen LogP contribution in [0, 0.1) is 0 Å². The Morgan fingerprint density at radius 2 is 1.91 bits per heavy atom. The fraction of sp³-hybridized carbons (Fsp3) is 0.938. The van der Waals surface area contributed by atoms with Crippen molar-refractivity contribution < 1.29 is 17.9 Å². The van der Waals surface area contributed by atoms with E-state index in [1.165, 1.54) is 17.1 Å². The van der Waals surface area contributed by atoms with Crippen LogP contribution in [-0.4, -0.2) is 67.7 Å². The summed E-state index contributed by atoms with van der Waals surface area (Å²) in [6.07, 6.45) is 7.74. The Morgan fingerprint density at radius 3 is 2.52 bits per heavy atom. The minimum absolute atomic E-state index is 0.0921. The minimum Gasteiger partial charge on any atom is -0.376 e. The van der Waals surface area contributed by atoms with Gasteiger partial charge in [0.15, 0.2) is 0 Å². The second-order valence-corrected chi connectivity index (χ2v) is 9.03. The maximum Gasteiger partial charge on any atom is 0.224 e. The summed E-state index contributed by atoms with van der Waals surface area (Å²) in [4.78, 5) is 14.7. The predicted molar refractivity (Wildman–Crippen MR) is 87.5 cm³/mol. The van der Waals surface area contributed by atoms with Crippen LogP contribution in [0.3, 0.4) is 0 Å². The van der Waals surface area contributed by atoms with Crippen molar-refractivity contribution in [2.24, 2.45) is 0 Å². The van der Waals surface area contributed by atoms with Crippen LogP contribution in [0.1, 0.15) is 51.4 Å². The molecule has 3 aliphatic rings. The van der Waals surface area contributed by atoms with E-state index in [0.717, 1.165) is 32.3 Å². The Balaban J connectivity index is 1.57. The first-order valence-electron chi connectivity index (χ1n) is 8.95. The van der Waals surface area contributed by atoms with Crippen molar-refractivity contribution in [1.82, 2.24) is 9.21 Å². The van der Waals surface area contributed by atoms with Crippen molar-refractivity contribution >= 4 is 15.9 Å². The summed E-state index contributed by atoms with van der Waals surface area (Å²) in [6.45, 7) is 2.36. The van der Waals surface area contributed by atoms with Gasteiger partial charge in [0, 0.05) is 38.7 Å². The van der Waals surface area contributed by atoms with E-state index in [4.69, 9.17) is 4.74 Å². The molecule has 0 aromatic heterocycles. The summed E-state index contributed by atoms with van der Waals surface area (Å²) in [6, 6.07) is 0.321. The monoisotopic (exact) mass is 344 g/mol. The second kappa shape index (κ2) is 7.49. The van der Waals surface area contributed by atoms with Crippen molar-refractivity contribution in [1.29, 1.82) is 0 Å². The number of carbonyl (C=O) groups is 1. The lowest BCUT2D eigenvalue weighted by Gasteiger charge is -2.31. The minimum atomic E-state index is -3.11. The molecule has 1 atom stereocenters. The average Bonchev–Trinajstić information content (AvgIpc) is 3.24. The molecule has 0 spiro atoms. The van der Waals surface area contributed by atoms with Crippen LogP contribution < -0.4 is 0 Å². The normalized spacial score (nSPS) is 28.4. The molecule has 0 radical (unpaired) electrons. The summed E-state index contributed by atoms with van der Waals surface area (Å²) in [5.41, 5.74) is 0. The van der Waals surface area contributed by atoms with Gasteiger partial charge in [0.25, 0.3) is 0 Å². The molecule has 3 rings (SSSR count). The zero-order valence-corrected chi connectivity index (χ0v) is 14.6. The molecule has 1 aliphatic carbocycles. The summed E-state index contributed by atoms with van der Waals surface area (Å²) in [5.74, 6) is 0.318. The van der Waals surface area contributed by atoms with Crippen molar-refractivity contribution in [2.75, 3.05) is 32.0 Å². The molecule has 2 heterocycles. The SMILES string of the molecule is O=C(CCN1CCCS1(=O)=O)N(CC1CCCO1)C1CCCC1. The summed E-state index contributed by atoms with van der Waals surface area (Å²) in [5, 5.41) is 0. The number of nitrogens with zero attached hydrogens (tertiary/aromatic N) is 2. The van der Waals surface area contributed by atoms with E-state index < -0.39 is 10.0 Å². The van der Waals surface area contributed by atoms with Crippen LogP contribution in [0.15, 0.2) is 0 Å². The molecule has 7 heteroatoms. The number of hydrogen-bond donors (Lipinski definition) is 0. The zero-order chi connectivity index (χ0) is 16.3. The number of carbonyl (C=O) groups excluding carboxylic acids is 1. The number of ether oxygens (including phenoxy) is 1. The van der Waals surface area contributed by atoms with Crippen LogP contribution in [0.5, 0.6) is 0 Å². The van der Waals surface area contributed by atoms with Gasteiger partial charge in [-0.2, -0.15) is 0 Å². The summed E-state index contributed by atoms with van der Waals surface area (Å²) >= 11 is 0. The van der Waals surface area contributed by atoms with Gasteiger partial charge in [-0.15, -0.1) is 0 Å². The number of rotatable bonds is 6. The highest BCUT2D eigenvalue weighted by molar-refractivity contribution is 7.89. The van der Waals surface area contributed by atoms with Crippen LogP contribution in [-0.2, 0) is 19.6 Å². The molecule has 6 nitrogen and oxygen atoms in total. The van der Waals surface area contributed by atoms with Gasteiger partial charge in [-0.25, -0.2) is 12.7 Å². The first kappa shape index (κ1) is 17.2. The molecule has 1 amide bonds. The highest BCUT2D eigenvalue weighted by atomic mass is 32.2. The zero-order valence-electron chi connectivity index (χ0n) is 13.8. The Kier molecular flexibility index (Phi) is 5.59. The van der Waals surface area contributed by atoms with Gasteiger partial charge in [-0.3, -0.25) is 4.79 Å². The number of amides is 1. The van der Waals surface area contributed by atoms with E-state index in [-0.39, 0.29) is 17.8 Å². The molecule has 0 aromatic rings. The van der Waals surface area contributed by atoms with Crippen molar-refractivity contribution in [3.8, 4) is 0 Å². The van der Waals surface area contributed by atoms with E-state index >= 15 is 0 Å². The van der Waals surface area contributed by atoms with Gasteiger partial charge < -0.3 is 9.64 Å². The smallest absolute Gasteiger partial charge is 0.224 e. The average molecular weight is 344 g/mol. The standard InChI is InChI=1S/C16H28N2O4S/c19-16(8-10-17-9-4-12-23(17,20)21)18(14-5-1-2-6-14)13-15-7-3-11-22-15/h14-15H,1-13H2. The fourth-order valence-electron chi connectivity index (χ4n) is 3.98. The first-order valence-corrected chi connectivity index (χ1v) is 10.6. The van der Waals surface area contributed by atoms with Crippen LogP contribution >= 0.6 is 0 Å². The van der Waals surface area contributed by atoms with Crippen molar-refractivity contribution in [2.45, 2.75) is 63.5 Å². The van der Waals surface area contributed by atoms with E-state index in [1.54, 1.807) is 0 Å². The molecule has 2 saturated heterocycles. The highest BCUT2D eigenvalue weighted by Gasteiger charge is 2.32. The Labute approximate surface area is 139 Å². The first-order chi connectivity index (χ1) is 11.1. The van der Waals surface area contributed by atoms with Gasteiger partial charge in [0.2, 0.25) is 15.9 Å². The van der Waals surface area contributed by atoms with Gasteiger partial charge in [-0.05, 0) is 32.1 Å². The van der Waals surface area contributed by atoms with Crippen molar-refractivity contribution in [3.63, 3.8) is 0 Å². The van der Waals surface area contributed by atoms with Crippen LogP contribution in [0.2, 0.25) is 0 Å². The molecule has 0 bridgehead atoms. The van der Waals surface area contributed by atoms with Crippen LogP contribution in [0.25, 0.3) is 0 Å². The van der Waals surface area contributed by atoms with Gasteiger partial charge in [-0.1, -0.05) is 12.8 Å². The lowest BCUT2D eigenvalue weighted by Crippen LogP contribution is -2.44. The molecule has 1 saturated carbocycles. The van der Waals surface area contributed by atoms with Crippen LogP contribution in [0.4, 0.5) is 0 Å². The number of hydrogen-bond acceptors (Lipinski definition) is 4. The van der Waals surface area contributed by atoms with E-state index in [0.29, 0.717) is 38.5 Å². The van der Waals surface area contributed by atoms with Gasteiger partial charge >= 0.3 is 0 Å². The third-order valence-electron chi connectivity index (χ3n) is 5.29. The molecule has 2 aliphatic heterocycles. The maximum absolute atomic E-state index is 12.7. The topological polar surface area (TPSA) is 66.9 Å². The van der Waals surface area contributed by atoms with E-state index in [9.17, 15) is 13.2 Å². The van der Waals surface area contributed by atoms with E-state index in [1.807, 2.05) is 4.90 Å². The largest absolute Gasteiger partial charge is 0.376 e. The molecule has 0 aromatic carbocycles. The molecular weight excluding hydrogens is 316 g/mol. The summed E-state index contributed by atoms with van der Waals surface area (Å²) < 4.78 is 30.9. The predicted octanol–water partition coefficient (Wildman–Crippen LogP) is 1.36. The quantitative estimate of drug-likeness (QED) is 0.730. The number of sulfonamides is 1. The fourth-order valence-corrected chi connectivity index (χ4v) is 5.51. The highest BCUT2D eigenvalue weighted by Crippen LogP contribution is 2.26. The Bertz CT molecular complexity index is 510. The lowest BCUT2D eigenvalue weighted by molar-refractivity contribution is -0.135. The maximum atomic E-state index is 12.7. The third-order valence-corrected chi connectivity index (χ3v) is 7.24. The summed E-state index contributed by atoms with van der Waals surface area (Å²) in [7, 11) is -3.11. The lowest BCUT2D eigenvalue weighted by atomic mass is 10.1. The molecule has 132 valence electrons.